The van der Waals surface area contributed by atoms with Gasteiger partial charge in [-0.2, -0.15) is 0 Å². The van der Waals surface area contributed by atoms with Crippen LogP contribution < -0.4 is 10.2 Å². The Morgan fingerprint density at radius 2 is 1.69 bits per heavy atom. The molecule has 0 aliphatic heterocycles. The van der Waals surface area contributed by atoms with E-state index in [9.17, 15) is 4.79 Å². The molecule has 1 N–H and O–H groups in total. The number of aromatic nitrogens is 3. The molecule has 3 rings (SSSR count). The van der Waals surface area contributed by atoms with Crippen molar-refractivity contribution in [1.29, 1.82) is 0 Å². The number of benzene rings is 2. The van der Waals surface area contributed by atoms with E-state index in [4.69, 9.17) is 0 Å². The lowest BCUT2D eigenvalue weighted by Gasteiger charge is -2.21. The van der Waals surface area contributed by atoms with E-state index in [-0.39, 0.29) is 11.9 Å². The summed E-state index contributed by atoms with van der Waals surface area (Å²) in [5.41, 5.74) is 4.61. The molecule has 1 amide bonds. The van der Waals surface area contributed by atoms with E-state index in [0.29, 0.717) is 5.75 Å². The molecule has 0 aliphatic carbocycles. The molecule has 1 unspecified atom stereocenters. The van der Waals surface area contributed by atoms with E-state index in [0.717, 1.165) is 41.6 Å². The largest absolute Gasteiger partial charge is 0.372 e. The molecule has 0 spiro atoms. The molecule has 1 atom stereocenters. The Morgan fingerprint density at radius 1 is 1.03 bits per heavy atom. The second-order valence-electron chi connectivity index (χ2n) is 7.76. The minimum atomic E-state index is -0.0339. The van der Waals surface area contributed by atoms with Crippen LogP contribution in [0, 0.1) is 0 Å². The summed E-state index contributed by atoms with van der Waals surface area (Å²) in [4.78, 5) is 14.8. The number of hydrogen-bond acceptors (Lipinski definition) is 5. The monoisotopic (exact) mass is 451 g/mol. The number of carbonyl (C=O) groups excluding carboxylic acids is 1. The Kier molecular flexibility index (Phi) is 8.33. The number of hydrogen-bond donors (Lipinski definition) is 1. The number of rotatable bonds is 10. The maximum Gasteiger partial charge on any atom is 0.230 e. The molecule has 3 aromatic rings. The van der Waals surface area contributed by atoms with Crippen LogP contribution >= 0.6 is 11.8 Å². The predicted molar refractivity (Wildman–Crippen MR) is 133 cm³/mol. The van der Waals surface area contributed by atoms with E-state index in [1.807, 2.05) is 18.5 Å². The van der Waals surface area contributed by atoms with Gasteiger partial charge < -0.3 is 14.8 Å². The van der Waals surface area contributed by atoms with Crippen molar-refractivity contribution in [2.45, 2.75) is 45.3 Å². The molecule has 0 bridgehead atoms. The van der Waals surface area contributed by atoms with Crippen LogP contribution in [0.4, 0.5) is 5.69 Å². The lowest BCUT2D eigenvalue weighted by molar-refractivity contribution is -0.119. The third-order valence-electron chi connectivity index (χ3n) is 5.69. The number of nitrogens with zero attached hydrogens (tertiary/aromatic N) is 4. The van der Waals surface area contributed by atoms with Gasteiger partial charge in [0, 0.05) is 31.4 Å². The van der Waals surface area contributed by atoms with Gasteiger partial charge in [-0.05, 0) is 62.6 Å². The van der Waals surface area contributed by atoms with Crippen molar-refractivity contribution in [1.82, 2.24) is 20.1 Å². The summed E-state index contributed by atoms with van der Waals surface area (Å²) in [7, 11) is 1.94. The van der Waals surface area contributed by atoms with Gasteiger partial charge in [0.05, 0.1) is 11.8 Å². The second kappa shape index (κ2) is 11.2. The summed E-state index contributed by atoms with van der Waals surface area (Å²) in [6.45, 7) is 10.4. The van der Waals surface area contributed by atoms with Gasteiger partial charge in [-0.1, -0.05) is 43.0 Å². The Hall–Kier alpha value is -2.80. The third-order valence-corrected chi connectivity index (χ3v) is 6.71. The Balaban J connectivity index is 1.58. The lowest BCUT2D eigenvalue weighted by atomic mass is 10.1. The van der Waals surface area contributed by atoms with Crippen molar-refractivity contribution in [3.05, 3.63) is 59.7 Å². The number of nitrogens with one attached hydrogen (secondary N) is 1. The third kappa shape index (κ3) is 5.71. The zero-order valence-electron chi connectivity index (χ0n) is 19.6. The summed E-state index contributed by atoms with van der Waals surface area (Å²) in [6.07, 6.45) is 1.01. The number of aryl methyl sites for hydroxylation is 1. The SMILES string of the molecule is CCc1ccc(C(C)NC(=O)CSc2nnc(-c3ccc(N(CC)CC)cc3)n2C)cc1. The van der Waals surface area contributed by atoms with Crippen molar-refractivity contribution >= 4 is 23.4 Å². The average Bonchev–Trinajstić information content (AvgIpc) is 3.19. The van der Waals surface area contributed by atoms with Crippen LogP contribution in [0.3, 0.4) is 0 Å². The summed E-state index contributed by atoms with van der Waals surface area (Å²) >= 11 is 1.40. The quantitative estimate of drug-likeness (QED) is 0.446. The second-order valence-corrected chi connectivity index (χ2v) is 8.70. The molecule has 0 saturated heterocycles. The average molecular weight is 452 g/mol. The van der Waals surface area contributed by atoms with Crippen LogP contribution in [0.2, 0.25) is 0 Å². The van der Waals surface area contributed by atoms with Crippen LogP contribution in [0.15, 0.2) is 53.7 Å². The van der Waals surface area contributed by atoms with Crippen LogP contribution in [0.25, 0.3) is 11.4 Å². The fourth-order valence-electron chi connectivity index (χ4n) is 3.64. The molecule has 1 aromatic heterocycles. The highest BCUT2D eigenvalue weighted by molar-refractivity contribution is 7.99. The normalized spacial score (nSPS) is 11.9. The van der Waals surface area contributed by atoms with Crippen LogP contribution in [0.5, 0.6) is 0 Å². The minimum absolute atomic E-state index is 0.0183. The maximum atomic E-state index is 12.5. The van der Waals surface area contributed by atoms with Crippen molar-refractivity contribution < 1.29 is 4.79 Å². The summed E-state index contributed by atoms with van der Waals surface area (Å²) in [6, 6.07) is 16.7. The molecule has 0 radical (unpaired) electrons. The Bertz CT molecular complexity index is 1010. The Morgan fingerprint density at radius 3 is 2.28 bits per heavy atom. The van der Waals surface area contributed by atoms with Gasteiger partial charge in [0.2, 0.25) is 5.91 Å². The molecule has 7 heteroatoms. The number of anilines is 1. The van der Waals surface area contributed by atoms with Gasteiger partial charge in [0.15, 0.2) is 11.0 Å². The zero-order valence-corrected chi connectivity index (χ0v) is 20.4. The summed E-state index contributed by atoms with van der Waals surface area (Å²) in [5, 5.41) is 12.4. The summed E-state index contributed by atoms with van der Waals surface area (Å²) < 4.78 is 1.94. The van der Waals surface area contributed by atoms with E-state index >= 15 is 0 Å². The maximum absolute atomic E-state index is 12.5. The van der Waals surface area contributed by atoms with E-state index < -0.39 is 0 Å². The highest BCUT2D eigenvalue weighted by Crippen LogP contribution is 2.25. The highest BCUT2D eigenvalue weighted by Gasteiger charge is 2.15. The first-order valence-electron chi connectivity index (χ1n) is 11.2. The molecule has 2 aromatic carbocycles. The fraction of sp³-hybridized carbons (Fsp3) is 0.400. The van der Waals surface area contributed by atoms with Gasteiger partial charge in [0.1, 0.15) is 0 Å². The number of thioether (sulfide) groups is 1. The minimum Gasteiger partial charge on any atom is -0.372 e. The molecule has 0 aliphatic rings. The van der Waals surface area contributed by atoms with Gasteiger partial charge in [-0.25, -0.2) is 0 Å². The van der Waals surface area contributed by atoms with Gasteiger partial charge in [-0.3, -0.25) is 4.79 Å². The van der Waals surface area contributed by atoms with Crippen LogP contribution in [0.1, 0.15) is 44.9 Å². The number of carbonyl (C=O) groups is 1. The highest BCUT2D eigenvalue weighted by atomic mass is 32.2. The van der Waals surface area contributed by atoms with E-state index in [1.165, 1.54) is 23.0 Å². The van der Waals surface area contributed by atoms with Crippen LogP contribution in [-0.2, 0) is 18.3 Å². The lowest BCUT2D eigenvalue weighted by Crippen LogP contribution is -2.28. The van der Waals surface area contributed by atoms with E-state index in [1.54, 1.807) is 0 Å². The van der Waals surface area contributed by atoms with Crippen molar-refractivity contribution in [3.8, 4) is 11.4 Å². The predicted octanol–water partition coefficient (Wildman–Crippen LogP) is 4.86. The smallest absolute Gasteiger partial charge is 0.230 e. The molecule has 1 heterocycles. The first-order chi connectivity index (χ1) is 15.5. The number of amides is 1. The summed E-state index contributed by atoms with van der Waals surface area (Å²) in [5.74, 6) is 1.07. The molecular formula is C25H33N5OS. The molecule has 0 fully saturated rings. The molecule has 32 heavy (non-hydrogen) atoms. The van der Waals surface area contributed by atoms with Gasteiger partial charge in [0.25, 0.3) is 0 Å². The molecule has 0 saturated carbocycles. The standard InChI is InChI=1S/C25H33N5OS/c1-6-19-9-11-20(12-10-19)18(4)26-23(31)17-32-25-28-27-24(29(25)5)21-13-15-22(16-14-21)30(7-2)8-3/h9-16,18H,6-8,17H2,1-5H3,(H,26,31). The van der Waals surface area contributed by atoms with E-state index in [2.05, 4.69) is 89.7 Å². The fourth-order valence-corrected chi connectivity index (χ4v) is 4.36. The molecular weight excluding hydrogens is 418 g/mol. The molecule has 170 valence electrons. The zero-order chi connectivity index (χ0) is 23.1. The van der Waals surface area contributed by atoms with Gasteiger partial charge >= 0.3 is 0 Å². The topological polar surface area (TPSA) is 63.1 Å². The molecule has 6 nitrogen and oxygen atoms in total. The first-order valence-corrected chi connectivity index (χ1v) is 12.2. The van der Waals surface area contributed by atoms with Gasteiger partial charge in [-0.15, -0.1) is 10.2 Å². The van der Waals surface area contributed by atoms with Crippen molar-refractivity contribution in [2.75, 3.05) is 23.7 Å². The van der Waals surface area contributed by atoms with Crippen LogP contribution in [-0.4, -0.2) is 39.5 Å². The van der Waals surface area contributed by atoms with Crippen molar-refractivity contribution in [2.24, 2.45) is 7.05 Å². The Labute approximate surface area is 195 Å². The first kappa shape index (κ1) is 23.9. The van der Waals surface area contributed by atoms with Crippen molar-refractivity contribution in [3.63, 3.8) is 0 Å².